The summed E-state index contributed by atoms with van der Waals surface area (Å²) < 4.78 is 54.9. The number of benzene rings is 2. The minimum Gasteiger partial charge on any atom is -0.497 e. The quantitative estimate of drug-likeness (QED) is 0.201. The van der Waals surface area contributed by atoms with Gasteiger partial charge in [-0.1, -0.05) is 38.1 Å². The molecule has 1 heterocycles. The van der Waals surface area contributed by atoms with Crippen LogP contribution in [-0.2, 0) is 26.9 Å². The number of halogens is 3. The van der Waals surface area contributed by atoms with E-state index in [9.17, 15) is 27.6 Å². The lowest BCUT2D eigenvalue weighted by Gasteiger charge is -2.08. The first kappa shape index (κ1) is 34.5. The molecule has 0 aliphatic carbocycles. The summed E-state index contributed by atoms with van der Waals surface area (Å²) in [6.45, 7) is 8.14. The van der Waals surface area contributed by atoms with E-state index < -0.39 is 29.4 Å². The molecule has 0 spiro atoms. The fourth-order valence-corrected chi connectivity index (χ4v) is 3.18. The van der Waals surface area contributed by atoms with Crippen LogP contribution in [0.3, 0.4) is 0 Å². The molecule has 41 heavy (non-hydrogen) atoms. The third kappa shape index (κ3) is 11.6. The largest absolute Gasteiger partial charge is 0.497 e. The molecule has 0 saturated carbocycles. The van der Waals surface area contributed by atoms with Gasteiger partial charge < -0.3 is 24.3 Å². The Morgan fingerprint density at radius 2 is 1.63 bits per heavy atom. The van der Waals surface area contributed by atoms with Crippen LogP contribution < -0.4 is 10.1 Å². The second kappa shape index (κ2) is 17.2. The zero-order chi connectivity index (χ0) is 31.0. The second-order valence-electron chi connectivity index (χ2n) is 7.88. The first-order chi connectivity index (χ1) is 19.5. The Hall–Kier alpha value is -4.54. The standard InChI is InChI=1S/C21H16F3NO5.C7H12O2.C2H6/c1-29-15-8-4-13(5-9-15)17-11-16(19(30-17)21(22,23)24)20(28)25-14-6-2-12(3-7-14)10-18(26)27;1-3-5-6-7(8)9-4-2;1-2/h2-9,11H,10H2,1H3,(H,25,28)(H,26,27);3,5H,4,6H2,1-2H3;1-2H3/b;5-3+;. The topological polar surface area (TPSA) is 115 Å². The maximum Gasteiger partial charge on any atom is 0.450 e. The van der Waals surface area contributed by atoms with Gasteiger partial charge in [0.1, 0.15) is 11.5 Å². The molecular weight excluding hydrogens is 543 g/mol. The molecule has 222 valence electrons. The summed E-state index contributed by atoms with van der Waals surface area (Å²) in [7, 11) is 1.46. The molecule has 2 aromatic carbocycles. The van der Waals surface area contributed by atoms with Gasteiger partial charge >= 0.3 is 18.1 Å². The van der Waals surface area contributed by atoms with Gasteiger partial charge in [0.15, 0.2) is 0 Å². The Balaban J connectivity index is 0.000000653. The van der Waals surface area contributed by atoms with Gasteiger partial charge in [0.05, 0.1) is 32.1 Å². The van der Waals surface area contributed by atoms with E-state index in [1.807, 2.05) is 26.8 Å². The van der Waals surface area contributed by atoms with Gasteiger partial charge in [-0.3, -0.25) is 14.4 Å². The molecule has 8 nitrogen and oxygen atoms in total. The van der Waals surface area contributed by atoms with Gasteiger partial charge in [0.25, 0.3) is 5.91 Å². The van der Waals surface area contributed by atoms with Crippen LogP contribution in [0.25, 0.3) is 11.3 Å². The van der Waals surface area contributed by atoms with Crippen LogP contribution in [-0.4, -0.2) is 36.7 Å². The van der Waals surface area contributed by atoms with Crippen molar-refractivity contribution in [2.45, 2.75) is 46.7 Å². The predicted molar refractivity (Wildman–Crippen MR) is 149 cm³/mol. The SMILES string of the molecule is C/C=C/CC(=O)OCC.CC.COc1ccc(-c2cc(C(=O)Nc3ccc(CC(=O)O)cc3)c(C(F)(F)F)o2)cc1. The molecule has 0 unspecified atom stereocenters. The Kier molecular flexibility index (Phi) is 14.5. The van der Waals surface area contributed by atoms with Crippen molar-refractivity contribution in [3.63, 3.8) is 0 Å². The Morgan fingerprint density at radius 1 is 1.02 bits per heavy atom. The molecule has 0 atom stereocenters. The lowest BCUT2D eigenvalue weighted by Crippen LogP contribution is -2.16. The highest BCUT2D eigenvalue weighted by molar-refractivity contribution is 6.05. The highest BCUT2D eigenvalue weighted by Crippen LogP contribution is 2.37. The van der Waals surface area contributed by atoms with Crippen LogP contribution in [0.4, 0.5) is 18.9 Å². The average Bonchev–Trinajstić information content (AvgIpc) is 3.41. The first-order valence-electron chi connectivity index (χ1n) is 12.7. The number of rotatable bonds is 9. The van der Waals surface area contributed by atoms with Crippen LogP contribution in [0.2, 0.25) is 0 Å². The van der Waals surface area contributed by atoms with Crippen molar-refractivity contribution in [3.8, 4) is 17.1 Å². The zero-order valence-electron chi connectivity index (χ0n) is 23.5. The average molecular weight is 578 g/mol. The smallest absolute Gasteiger partial charge is 0.450 e. The number of allylic oxidation sites excluding steroid dienone is 1. The van der Waals surface area contributed by atoms with E-state index in [2.05, 4.69) is 10.1 Å². The molecule has 0 saturated heterocycles. The summed E-state index contributed by atoms with van der Waals surface area (Å²) in [6, 6.07) is 12.9. The van der Waals surface area contributed by atoms with Crippen LogP contribution in [0.1, 0.15) is 55.8 Å². The number of hydrogen-bond donors (Lipinski definition) is 2. The van der Waals surface area contributed by atoms with E-state index in [1.54, 1.807) is 25.1 Å². The molecule has 3 aromatic rings. The van der Waals surface area contributed by atoms with Gasteiger partial charge in [0.2, 0.25) is 5.76 Å². The molecule has 2 N–H and O–H groups in total. The number of aliphatic carboxylic acids is 1. The lowest BCUT2D eigenvalue weighted by atomic mass is 10.1. The van der Waals surface area contributed by atoms with E-state index in [0.29, 0.717) is 29.9 Å². The third-order valence-electron chi connectivity index (χ3n) is 5.00. The van der Waals surface area contributed by atoms with Crippen molar-refractivity contribution in [3.05, 3.63) is 83.6 Å². The van der Waals surface area contributed by atoms with E-state index in [-0.39, 0.29) is 23.8 Å². The van der Waals surface area contributed by atoms with E-state index in [4.69, 9.17) is 14.3 Å². The van der Waals surface area contributed by atoms with Gasteiger partial charge in [-0.2, -0.15) is 13.2 Å². The summed E-state index contributed by atoms with van der Waals surface area (Å²) in [5, 5.41) is 11.1. The number of carboxylic acid groups (broad SMARTS) is 1. The number of esters is 1. The number of carbonyl (C=O) groups is 3. The lowest BCUT2D eigenvalue weighted by molar-refractivity contribution is -0.153. The Labute approximate surface area is 236 Å². The van der Waals surface area contributed by atoms with Crippen molar-refractivity contribution in [1.29, 1.82) is 0 Å². The first-order valence-corrected chi connectivity index (χ1v) is 12.7. The minimum absolute atomic E-state index is 0.119. The summed E-state index contributed by atoms with van der Waals surface area (Å²) in [5.74, 6) is -3.19. The summed E-state index contributed by atoms with van der Waals surface area (Å²) >= 11 is 0. The number of furan rings is 1. The number of methoxy groups -OCH3 is 1. The number of alkyl halides is 3. The number of carboxylic acids is 1. The molecular formula is C30H34F3NO7. The molecule has 0 bridgehead atoms. The van der Waals surface area contributed by atoms with Crippen LogP contribution in [0.15, 0.2) is 71.2 Å². The van der Waals surface area contributed by atoms with Crippen molar-refractivity contribution >= 4 is 23.5 Å². The number of hydrogen-bond acceptors (Lipinski definition) is 6. The number of ether oxygens (including phenoxy) is 2. The number of amides is 1. The monoisotopic (exact) mass is 577 g/mol. The molecule has 0 radical (unpaired) electrons. The normalized spacial score (nSPS) is 10.5. The van der Waals surface area contributed by atoms with Gasteiger partial charge in [-0.25, -0.2) is 0 Å². The predicted octanol–water partition coefficient (Wildman–Crippen LogP) is 7.40. The molecule has 11 heteroatoms. The molecule has 3 rings (SSSR count). The van der Waals surface area contributed by atoms with E-state index >= 15 is 0 Å². The van der Waals surface area contributed by atoms with Crippen molar-refractivity contribution in [1.82, 2.24) is 0 Å². The number of nitrogens with one attached hydrogen (secondary N) is 1. The fourth-order valence-electron chi connectivity index (χ4n) is 3.18. The van der Waals surface area contributed by atoms with Crippen molar-refractivity contribution in [2.24, 2.45) is 0 Å². The Bertz CT molecular complexity index is 1280. The van der Waals surface area contributed by atoms with Crippen LogP contribution >= 0.6 is 0 Å². The summed E-state index contributed by atoms with van der Waals surface area (Å²) in [6.07, 6.45) is -1.08. The molecule has 0 fully saturated rings. The summed E-state index contributed by atoms with van der Waals surface area (Å²) in [4.78, 5) is 33.7. The minimum atomic E-state index is -4.87. The molecule has 1 amide bonds. The third-order valence-corrected chi connectivity index (χ3v) is 5.00. The van der Waals surface area contributed by atoms with Crippen molar-refractivity contribution < 1.29 is 46.6 Å². The molecule has 0 aliphatic heterocycles. The number of anilines is 1. The summed E-state index contributed by atoms with van der Waals surface area (Å²) in [5.41, 5.74) is 0.386. The molecule has 0 aliphatic rings. The maximum absolute atomic E-state index is 13.4. The van der Waals surface area contributed by atoms with Crippen LogP contribution in [0.5, 0.6) is 5.75 Å². The fraction of sp³-hybridized carbons (Fsp3) is 0.300. The zero-order valence-corrected chi connectivity index (χ0v) is 23.5. The van der Waals surface area contributed by atoms with Gasteiger partial charge in [-0.15, -0.1) is 0 Å². The number of carbonyl (C=O) groups excluding carboxylic acids is 2. The Morgan fingerprint density at radius 3 is 2.12 bits per heavy atom. The maximum atomic E-state index is 13.4. The van der Waals surface area contributed by atoms with E-state index in [1.165, 1.54) is 43.5 Å². The van der Waals surface area contributed by atoms with E-state index in [0.717, 1.165) is 6.07 Å². The van der Waals surface area contributed by atoms with Gasteiger partial charge in [-0.05, 0) is 61.9 Å². The molecule has 1 aromatic heterocycles. The highest BCUT2D eigenvalue weighted by atomic mass is 19.4. The second-order valence-corrected chi connectivity index (χ2v) is 7.88. The van der Waals surface area contributed by atoms with Gasteiger partial charge in [0, 0.05) is 11.3 Å². The highest BCUT2D eigenvalue weighted by Gasteiger charge is 2.40. The van der Waals surface area contributed by atoms with Crippen LogP contribution in [0, 0.1) is 0 Å². The van der Waals surface area contributed by atoms with Crippen molar-refractivity contribution in [2.75, 3.05) is 19.0 Å².